The van der Waals surface area contributed by atoms with E-state index in [0.717, 1.165) is 24.2 Å². The van der Waals surface area contributed by atoms with Gasteiger partial charge in [0.1, 0.15) is 5.75 Å². The maximum atomic E-state index is 8.69. The van der Waals surface area contributed by atoms with Crippen molar-refractivity contribution < 1.29 is 14.6 Å². The minimum Gasteiger partial charge on any atom is -0.497 e. The van der Waals surface area contributed by atoms with Crippen LogP contribution in [0.4, 0.5) is 0 Å². The van der Waals surface area contributed by atoms with Crippen LogP contribution in [-0.4, -0.2) is 24.9 Å². The summed E-state index contributed by atoms with van der Waals surface area (Å²) >= 11 is 0. The van der Waals surface area contributed by atoms with E-state index in [1.807, 2.05) is 31.2 Å². The highest BCUT2D eigenvalue weighted by molar-refractivity contribution is 5.26. The van der Waals surface area contributed by atoms with Crippen molar-refractivity contribution in [2.45, 2.75) is 32.5 Å². The van der Waals surface area contributed by atoms with Gasteiger partial charge in [0.05, 0.1) is 19.8 Å². The minimum absolute atomic E-state index is 0.189. The van der Waals surface area contributed by atoms with Crippen LogP contribution >= 0.6 is 0 Å². The molecule has 3 heteroatoms. The number of aliphatic hydroxyl groups is 1. The molecule has 16 heavy (non-hydrogen) atoms. The predicted molar refractivity (Wildman–Crippen MR) is 63.6 cm³/mol. The second kappa shape index (κ2) is 7.25. The fraction of sp³-hybridized carbons (Fsp3) is 0.538. The first-order valence-electron chi connectivity index (χ1n) is 5.61. The van der Waals surface area contributed by atoms with E-state index in [1.165, 1.54) is 0 Å². The summed E-state index contributed by atoms with van der Waals surface area (Å²) in [5.74, 6) is 0.858. The van der Waals surface area contributed by atoms with Crippen molar-refractivity contribution in [2.24, 2.45) is 0 Å². The lowest BCUT2D eigenvalue weighted by molar-refractivity contribution is 0.0431. The molecule has 90 valence electrons. The van der Waals surface area contributed by atoms with E-state index in [0.29, 0.717) is 6.61 Å². The molecule has 0 fully saturated rings. The minimum atomic E-state index is 0.189. The standard InChI is InChI=1S/C13H20O3/c1-11(4-3-9-14)16-10-12-5-7-13(15-2)8-6-12/h5-8,11,14H,3-4,9-10H2,1-2H3. The van der Waals surface area contributed by atoms with Gasteiger partial charge in [-0.3, -0.25) is 0 Å². The van der Waals surface area contributed by atoms with Crippen molar-refractivity contribution in [1.29, 1.82) is 0 Å². The summed E-state index contributed by atoms with van der Waals surface area (Å²) in [5.41, 5.74) is 1.14. The summed E-state index contributed by atoms with van der Waals surface area (Å²) in [6.45, 7) is 2.87. The number of hydrogen-bond acceptors (Lipinski definition) is 3. The number of rotatable bonds is 7. The van der Waals surface area contributed by atoms with Crippen LogP contribution < -0.4 is 4.74 Å². The third kappa shape index (κ3) is 4.64. The van der Waals surface area contributed by atoms with Gasteiger partial charge in [-0.1, -0.05) is 12.1 Å². The van der Waals surface area contributed by atoms with Crippen LogP contribution in [0.25, 0.3) is 0 Å². The molecule has 0 bridgehead atoms. The quantitative estimate of drug-likeness (QED) is 0.772. The van der Waals surface area contributed by atoms with E-state index < -0.39 is 0 Å². The van der Waals surface area contributed by atoms with Crippen molar-refractivity contribution in [3.05, 3.63) is 29.8 Å². The summed E-state index contributed by atoms with van der Waals surface area (Å²) in [6, 6.07) is 7.85. The fourth-order valence-electron chi connectivity index (χ4n) is 1.42. The lowest BCUT2D eigenvalue weighted by Crippen LogP contribution is -2.08. The van der Waals surface area contributed by atoms with Gasteiger partial charge in [-0.2, -0.15) is 0 Å². The molecule has 0 heterocycles. The first-order chi connectivity index (χ1) is 7.76. The maximum absolute atomic E-state index is 8.69. The number of hydrogen-bond donors (Lipinski definition) is 1. The number of ether oxygens (including phenoxy) is 2. The molecule has 1 unspecified atom stereocenters. The van der Waals surface area contributed by atoms with Gasteiger partial charge in [0, 0.05) is 6.61 Å². The van der Waals surface area contributed by atoms with E-state index in [4.69, 9.17) is 14.6 Å². The van der Waals surface area contributed by atoms with E-state index in [2.05, 4.69) is 0 Å². The average Bonchev–Trinajstić information content (AvgIpc) is 2.34. The fourth-order valence-corrected chi connectivity index (χ4v) is 1.42. The van der Waals surface area contributed by atoms with E-state index in [1.54, 1.807) is 7.11 Å². The molecule has 1 rings (SSSR count). The van der Waals surface area contributed by atoms with Crippen LogP contribution in [-0.2, 0) is 11.3 Å². The molecule has 0 radical (unpaired) electrons. The SMILES string of the molecule is COc1ccc(COC(C)CCCO)cc1. The van der Waals surface area contributed by atoms with Crippen LogP contribution in [0.5, 0.6) is 5.75 Å². The highest BCUT2D eigenvalue weighted by atomic mass is 16.5. The van der Waals surface area contributed by atoms with Crippen LogP contribution in [0.3, 0.4) is 0 Å². The smallest absolute Gasteiger partial charge is 0.118 e. The van der Waals surface area contributed by atoms with Gasteiger partial charge in [0.2, 0.25) is 0 Å². The Balaban J connectivity index is 2.30. The molecule has 3 nitrogen and oxygen atoms in total. The first kappa shape index (κ1) is 13.0. The molecule has 1 N–H and O–H groups in total. The zero-order valence-electron chi connectivity index (χ0n) is 9.98. The summed E-state index contributed by atoms with van der Waals surface area (Å²) in [7, 11) is 1.66. The molecule has 1 aromatic carbocycles. The second-order valence-corrected chi connectivity index (χ2v) is 3.84. The molecule has 0 aliphatic rings. The van der Waals surface area contributed by atoms with Gasteiger partial charge in [-0.25, -0.2) is 0 Å². The molecule has 0 amide bonds. The lowest BCUT2D eigenvalue weighted by Gasteiger charge is -2.12. The van der Waals surface area contributed by atoms with Crippen LogP contribution in [0.2, 0.25) is 0 Å². The second-order valence-electron chi connectivity index (χ2n) is 3.84. The molecular formula is C13H20O3. The molecule has 0 aliphatic carbocycles. The van der Waals surface area contributed by atoms with Gasteiger partial charge in [0.15, 0.2) is 0 Å². The third-order valence-electron chi connectivity index (χ3n) is 2.46. The molecule has 0 aromatic heterocycles. The first-order valence-corrected chi connectivity index (χ1v) is 5.61. The Bertz CT molecular complexity index is 282. The Kier molecular flexibility index (Phi) is 5.90. The molecule has 1 atom stereocenters. The molecular weight excluding hydrogens is 204 g/mol. The monoisotopic (exact) mass is 224 g/mol. The van der Waals surface area contributed by atoms with E-state index >= 15 is 0 Å². The Morgan fingerprint density at radius 1 is 1.25 bits per heavy atom. The van der Waals surface area contributed by atoms with Crippen LogP contribution in [0.1, 0.15) is 25.3 Å². The summed E-state index contributed by atoms with van der Waals surface area (Å²) in [4.78, 5) is 0. The summed E-state index contributed by atoms with van der Waals surface area (Å²) in [5, 5.41) is 8.69. The Morgan fingerprint density at radius 2 is 1.94 bits per heavy atom. The van der Waals surface area contributed by atoms with Gasteiger partial charge in [-0.15, -0.1) is 0 Å². The maximum Gasteiger partial charge on any atom is 0.118 e. The zero-order valence-corrected chi connectivity index (χ0v) is 9.98. The van der Waals surface area contributed by atoms with Gasteiger partial charge in [0.25, 0.3) is 0 Å². The van der Waals surface area contributed by atoms with Crippen molar-refractivity contribution in [3.8, 4) is 5.75 Å². The topological polar surface area (TPSA) is 38.7 Å². The number of benzene rings is 1. The Labute approximate surface area is 97.0 Å². The summed E-state index contributed by atoms with van der Waals surface area (Å²) < 4.78 is 10.7. The van der Waals surface area contributed by atoms with Crippen molar-refractivity contribution in [1.82, 2.24) is 0 Å². The lowest BCUT2D eigenvalue weighted by atomic mass is 10.2. The van der Waals surface area contributed by atoms with Crippen molar-refractivity contribution in [3.63, 3.8) is 0 Å². The summed E-state index contributed by atoms with van der Waals surface area (Å²) in [6.07, 6.45) is 1.88. The molecule has 1 aromatic rings. The molecule has 0 spiro atoms. The van der Waals surface area contributed by atoms with Crippen molar-refractivity contribution >= 4 is 0 Å². The Morgan fingerprint density at radius 3 is 2.50 bits per heavy atom. The number of aliphatic hydroxyl groups excluding tert-OH is 1. The molecule has 0 saturated carbocycles. The van der Waals surface area contributed by atoms with Gasteiger partial charge < -0.3 is 14.6 Å². The van der Waals surface area contributed by atoms with E-state index in [9.17, 15) is 0 Å². The van der Waals surface area contributed by atoms with E-state index in [-0.39, 0.29) is 12.7 Å². The van der Waals surface area contributed by atoms with Crippen LogP contribution in [0.15, 0.2) is 24.3 Å². The Hall–Kier alpha value is -1.06. The van der Waals surface area contributed by atoms with Gasteiger partial charge in [-0.05, 0) is 37.5 Å². The molecule has 0 saturated heterocycles. The van der Waals surface area contributed by atoms with Crippen molar-refractivity contribution in [2.75, 3.05) is 13.7 Å². The molecule has 0 aliphatic heterocycles. The number of methoxy groups -OCH3 is 1. The highest BCUT2D eigenvalue weighted by Crippen LogP contribution is 2.13. The largest absolute Gasteiger partial charge is 0.497 e. The zero-order chi connectivity index (χ0) is 11.8. The predicted octanol–water partition coefficient (Wildman–Crippen LogP) is 2.37. The normalized spacial score (nSPS) is 12.4. The van der Waals surface area contributed by atoms with Gasteiger partial charge >= 0.3 is 0 Å². The highest BCUT2D eigenvalue weighted by Gasteiger charge is 2.02. The third-order valence-corrected chi connectivity index (χ3v) is 2.46. The average molecular weight is 224 g/mol. The van der Waals surface area contributed by atoms with Crippen LogP contribution in [0, 0.1) is 0 Å².